The number of hydrogen-bond donors (Lipinski definition) is 1. The summed E-state index contributed by atoms with van der Waals surface area (Å²) in [6, 6.07) is 15.3. The van der Waals surface area contributed by atoms with Crippen molar-refractivity contribution in [1.29, 1.82) is 0 Å². The van der Waals surface area contributed by atoms with Gasteiger partial charge in [0.1, 0.15) is 11.6 Å². The third kappa shape index (κ3) is 3.63. The lowest BCUT2D eigenvalue weighted by Crippen LogP contribution is -2.25. The van der Waals surface area contributed by atoms with Gasteiger partial charge in [-0.3, -0.25) is 10.00 Å². The van der Waals surface area contributed by atoms with Crippen LogP contribution in [0.1, 0.15) is 24.0 Å². The molecule has 1 heterocycles. The normalized spacial score (nSPS) is 14.0. The molecule has 1 fully saturated rings. The van der Waals surface area contributed by atoms with Gasteiger partial charge in [0.25, 0.3) is 0 Å². The van der Waals surface area contributed by atoms with Crippen molar-refractivity contribution < 1.29 is 9.13 Å². The lowest BCUT2D eigenvalue weighted by molar-refractivity contribution is 0.242. The largest absolute Gasteiger partial charge is 0.496 e. The fraction of sp³-hybridized carbons (Fsp3) is 0.286. The summed E-state index contributed by atoms with van der Waals surface area (Å²) in [6.07, 6.45) is 4.31. The van der Waals surface area contributed by atoms with Crippen LogP contribution in [0.3, 0.4) is 0 Å². The Hall–Kier alpha value is -2.66. The van der Waals surface area contributed by atoms with Gasteiger partial charge in [-0.15, -0.1) is 0 Å². The van der Waals surface area contributed by atoms with Crippen molar-refractivity contribution in [3.8, 4) is 17.0 Å². The van der Waals surface area contributed by atoms with E-state index in [0.717, 1.165) is 35.7 Å². The number of nitrogens with one attached hydrogen (secondary N) is 1. The molecule has 1 aromatic heterocycles. The van der Waals surface area contributed by atoms with E-state index in [1.165, 1.54) is 30.5 Å². The molecule has 4 rings (SSSR count). The Morgan fingerprint density at radius 2 is 1.81 bits per heavy atom. The van der Waals surface area contributed by atoms with Gasteiger partial charge in [0, 0.05) is 35.8 Å². The number of hydrogen-bond acceptors (Lipinski definition) is 3. The molecule has 4 nitrogen and oxygen atoms in total. The Bertz CT molecular complexity index is 871. The monoisotopic (exact) mass is 351 g/mol. The molecule has 1 aliphatic carbocycles. The van der Waals surface area contributed by atoms with Gasteiger partial charge in [-0.05, 0) is 43.2 Å². The summed E-state index contributed by atoms with van der Waals surface area (Å²) in [5, 5.41) is 7.29. The molecular weight excluding hydrogens is 329 g/mol. The van der Waals surface area contributed by atoms with Gasteiger partial charge in [-0.25, -0.2) is 4.39 Å². The molecule has 26 heavy (non-hydrogen) atoms. The standard InChI is InChI=1S/C21H22FN3O/c1-26-20-5-3-2-4-16(20)13-25(19-10-11-19)14-17-12-23-24-21(17)15-6-8-18(22)9-7-15/h2-9,12,19H,10-11,13-14H2,1H3,(H,23,24). The summed E-state index contributed by atoms with van der Waals surface area (Å²) in [6.45, 7) is 1.63. The minimum absolute atomic E-state index is 0.231. The van der Waals surface area contributed by atoms with E-state index in [9.17, 15) is 4.39 Å². The van der Waals surface area contributed by atoms with Crippen molar-refractivity contribution in [3.05, 3.63) is 71.7 Å². The van der Waals surface area contributed by atoms with E-state index in [1.807, 2.05) is 24.4 Å². The van der Waals surface area contributed by atoms with Crippen molar-refractivity contribution in [2.45, 2.75) is 32.0 Å². The first-order valence-corrected chi connectivity index (χ1v) is 8.88. The summed E-state index contributed by atoms with van der Waals surface area (Å²) in [4.78, 5) is 2.47. The predicted molar refractivity (Wildman–Crippen MR) is 99.2 cm³/mol. The van der Waals surface area contributed by atoms with Gasteiger partial charge in [-0.2, -0.15) is 5.10 Å². The van der Waals surface area contributed by atoms with Gasteiger partial charge in [0.05, 0.1) is 19.0 Å². The fourth-order valence-corrected chi connectivity index (χ4v) is 3.32. The lowest BCUT2D eigenvalue weighted by atomic mass is 10.1. The second kappa shape index (κ2) is 7.30. The molecule has 3 aromatic rings. The highest BCUT2D eigenvalue weighted by molar-refractivity contribution is 5.62. The molecule has 2 aromatic carbocycles. The molecule has 0 spiro atoms. The third-order valence-corrected chi connectivity index (χ3v) is 4.85. The second-order valence-corrected chi connectivity index (χ2v) is 6.73. The zero-order valence-corrected chi connectivity index (χ0v) is 14.8. The summed E-state index contributed by atoms with van der Waals surface area (Å²) in [5.74, 6) is 0.690. The van der Waals surface area contributed by atoms with E-state index in [4.69, 9.17) is 4.74 Å². The number of aromatic amines is 1. The summed E-state index contributed by atoms with van der Waals surface area (Å²) in [7, 11) is 1.71. The number of rotatable bonds is 7. The summed E-state index contributed by atoms with van der Waals surface area (Å²) in [5.41, 5.74) is 4.22. The minimum Gasteiger partial charge on any atom is -0.496 e. The van der Waals surface area contributed by atoms with Gasteiger partial charge in [-0.1, -0.05) is 18.2 Å². The van der Waals surface area contributed by atoms with Crippen LogP contribution in [0, 0.1) is 5.82 Å². The molecule has 1 aliphatic rings. The summed E-state index contributed by atoms with van der Waals surface area (Å²) >= 11 is 0. The second-order valence-electron chi connectivity index (χ2n) is 6.73. The van der Waals surface area contributed by atoms with Crippen LogP contribution in [0.4, 0.5) is 4.39 Å². The van der Waals surface area contributed by atoms with E-state index in [-0.39, 0.29) is 5.82 Å². The molecule has 0 atom stereocenters. The Morgan fingerprint density at radius 3 is 2.54 bits per heavy atom. The van der Waals surface area contributed by atoms with Gasteiger partial charge in [0.2, 0.25) is 0 Å². The molecule has 0 aliphatic heterocycles. The van der Waals surface area contributed by atoms with Gasteiger partial charge >= 0.3 is 0 Å². The van der Waals surface area contributed by atoms with E-state index >= 15 is 0 Å². The van der Waals surface area contributed by atoms with E-state index in [1.54, 1.807) is 19.2 Å². The van der Waals surface area contributed by atoms with Gasteiger partial charge < -0.3 is 4.74 Å². The SMILES string of the molecule is COc1ccccc1CN(Cc1cn[nH]c1-c1ccc(F)cc1)C1CC1. The summed E-state index contributed by atoms with van der Waals surface area (Å²) < 4.78 is 18.7. The first-order valence-electron chi connectivity index (χ1n) is 8.88. The number of para-hydroxylation sites is 1. The number of methoxy groups -OCH3 is 1. The Kier molecular flexibility index (Phi) is 4.71. The number of aromatic nitrogens is 2. The molecule has 0 bridgehead atoms. The van der Waals surface area contributed by atoms with Crippen LogP contribution in [-0.4, -0.2) is 28.2 Å². The highest BCUT2D eigenvalue weighted by atomic mass is 19.1. The Labute approximate surface area is 152 Å². The van der Waals surface area contributed by atoms with Crippen LogP contribution in [0.2, 0.25) is 0 Å². The zero-order chi connectivity index (χ0) is 17.9. The fourth-order valence-electron chi connectivity index (χ4n) is 3.32. The average molecular weight is 351 g/mol. The topological polar surface area (TPSA) is 41.1 Å². The van der Waals surface area contributed by atoms with Crippen molar-refractivity contribution in [3.63, 3.8) is 0 Å². The van der Waals surface area contributed by atoms with Crippen LogP contribution in [0.25, 0.3) is 11.3 Å². The number of halogens is 1. The first kappa shape index (κ1) is 16.8. The van der Waals surface area contributed by atoms with Crippen LogP contribution < -0.4 is 4.74 Å². The van der Waals surface area contributed by atoms with E-state index in [2.05, 4.69) is 21.2 Å². The minimum atomic E-state index is -0.231. The first-order chi connectivity index (χ1) is 12.7. The van der Waals surface area contributed by atoms with Crippen LogP contribution >= 0.6 is 0 Å². The molecule has 1 N–H and O–H groups in total. The number of H-pyrrole nitrogens is 1. The number of ether oxygens (including phenoxy) is 1. The molecule has 1 saturated carbocycles. The van der Waals surface area contributed by atoms with E-state index in [0.29, 0.717) is 6.04 Å². The molecule has 0 unspecified atom stereocenters. The van der Waals surface area contributed by atoms with E-state index < -0.39 is 0 Å². The van der Waals surface area contributed by atoms with Crippen molar-refractivity contribution in [1.82, 2.24) is 15.1 Å². The molecule has 0 amide bonds. The average Bonchev–Trinajstić information content (AvgIpc) is 3.42. The Morgan fingerprint density at radius 1 is 1.08 bits per heavy atom. The Balaban J connectivity index is 1.57. The highest BCUT2D eigenvalue weighted by Gasteiger charge is 2.30. The number of nitrogens with zero attached hydrogens (tertiary/aromatic N) is 2. The molecule has 0 saturated heterocycles. The highest BCUT2D eigenvalue weighted by Crippen LogP contribution is 2.33. The molecular formula is C21H22FN3O. The predicted octanol–water partition coefficient (Wildman–Crippen LogP) is 4.39. The molecule has 0 radical (unpaired) electrons. The van der Waals surface area contributed by atoms with Crippen molar-refractivity contribution in [2.24, 2.45) is 0 Å². The smallest absolute Gasteiger partial charge is 0.123 e. The van der Waals surface area contributed by atoms with Crippen LogP contribution in [0.15, 0.2) is 54.7 Å². The van der Waals surface area contributed by atoms with Crippen molar-refractivity contribution in [2.75, 3.05) is 7.11 Å². The zero-order valence-electron chi connectivity index (χ0n) is 14.8. The maximum Gasteiger partial charge on any atom is 0.123 e. The maximum atomic E-state index is 13.2. The van der Waals surface area contributed by atoms with Crippen LogP contribution in [0.5, 0.6) is 5.75 Å². The van der Waals surface area contributed by atoms with Gasteiger partial charge in [0.15, 0.2) is 0 Å². The lowest BCUT2D eigenvalue weighted by Gasteiger charge is -2.23. The van der Waals surface area contributed by atoms with Crippen LogP contribution in [-0.2, 0) is 13.1 Å². The number of benzene rings is 2. The molecule has 5 heteroatoms. The maximum absolute atomic E-state index is 13.2. The third-order valence-electron chi connectivity index (χ3n) is 4.85. The molecule has 134 valence electrons. The van der Waals surface area contributed by atoms with Crippen molar-refractivity contribution >= 4 is 0 Å². The quantitative estimate of drug-likeness (QED) is 0.686.